The summed E-state index contributed by atoms with van der Waals surface area (Å²) < 4.78 is 251. The molecule has 4 aromatic rings. The molecule has 0 aliphatic carbocycles. The fourth-order valence-corrected chi connectivity index (χ4v) is 7.56. The summed E-state index contributed by atoms with van der Waals surface area (Å²) >= 11 is 0. The number of hydrogen-bond acceptors (Lipinski definition) is 17. The van der Waals surface area contributed by atoms with Gasteiger partial charge in [-0.3, -0.25) is 0 Å². The molecule has 0 amide bonds. The molecule has 0 bridgehead atoms. The number of alkyl halides is 12. The smallest absolute Gasteiger partial charge is 0.682 e. The van der Waals surface area contributed by atoms with Crippen LogP contribution < -0.4 is 37.0 Å². The number of pyridine rings is 4. The molecule has 4 rings (SSSR count). The molecular weight excluding hydrogens is 1120 g/mol. The zero-order chi connectivity index (χ0) is 56.1. The zero-order valence-electron chi connectivity index (χ0n) is 37.2. The molecule has 71 heavy (non-hydrogen) atoms. The molecule has 39 heteroatoms. The van der Waals surface area contributed by atoms with Crippen LogP contribution in [0, 0.1) is 0 Å². The Morgan fingerprint density at radius 2 is 0.465 bits per heavy atom. The van der Waals surface area contributed by atoms with E-state index >= 15 is 0 Å². The van der Waals surface area contributed by atoms with E-state index in [1.54, 1.807) is 0 Å². The van der Waals surface area contributed by atoms with E-state index in [-0.39, 0.29) is 0 Å². The maximum absolute atomic E-state index is 10.7. The maximum Gasteiger partial charge on any atom is 0.682 e. The summed E-state index contributed by atoms with van der Waals surface area (Å²) in [5, 5.41) is 0. The van der Waals surface area contributed by atoms with Gasteiger partial charge in [0.15, 0.2) is 90.0 Å². The van der Waals surface area contributed by atoms with Gasteiger partial charge in [0.1, 0.15) is 0 Å². The summed E-state index contributed by atoms with van der Waals surface area (Å²) in [5.41, 5.74) is -18.0. The molecule has 0 aromatic carbocycles. The van der Waals surface area contributed by atoms with Crippen molar-refractivity contribution in [2.24, 2.45) is 0 Å². The molecule has 0 radical (unpaired) electrons. The molecule has 0 saturated heterocycles. The highest BCUT2D eigenvalue weighted by atomic mass is 32.2. The van der Waals surface area contributed by atoms with Crippen LogP contribution in [0.3, 0.4) is 0 Å². The van der Waals surface area contributed by atoms with Crippen LogP contribution in [0.4, 0.5) is 75.4 Å². The summed E-state index contributed by atoms with van der Waals surface area (Å²) in [6.45, 7) is 0. The first-order valence-corrected chi connectivity index (χ1v) is 25.7. The van der Waals surface area contributed by atoms with Crippen LogP contribution in [-0.4, -0.2) is 130 Å². The van der Waals surface area contributed by atoms with Crippen molar-refractivity contribution in [1.29, 1.82) is 0 Å². The van der Waals surface area contributed by atoms with E-state index in [9.17, 15) is 52.7 Å². The molecule has 0 fully saturated rings. The van der Waals surface area contributed by atoms with Gasteiger partial charge < -0.3 is 37.8 Å². The molecule has 404 valence electrons. The van der Waals surface area contributed by atoms with Crippen LogP contribution in [0.15, 0.2) is 98.1 Å². The third-order valence-corrected chi connectivity index (χ3v) is 13.4. The van der Waals surface area contributed by atoms with Gasteiger partial charge >= 0.3 is 38.9 Å². The highest BCUT2D eigenvalue weighted by molar-refractivity contribution is 7.87. The van der Waals surface area contributed by atoms with E-state index in [1.165, 1.54) is 0 Å². The van der Waals surface area contributed by atoms with Gasteiger partial charge in [-0.2, -0.15) is 52.7 Å². The van der Waals surface area contributed by atoms with Crippen molar-refractivity contribution >= 4 is 80.1 Å². The molecule has 21 nitrogen and oxygen atoms in total. The number of rotatable bonds is 10. The second-order valence-electron chi connectivity index (χ2n) is 13.5. The predicted octanol–water partition coefficient (Wildman–Crippen LogP) is 3.27. The van der Waals surface area contributed by atoms with E-state index in [2.05, 4.69) is 191 Å². The van der Waals surface area contributed by atoms with Gasteiger partial charge in [-0.15, -0.1) is 17.4 Å². The molecular formula is C32H40F12N8O13P2S4. The van der Waals surface area contributed by atoms with Gasteiger partial charge in [-0.1, -0.05) is 4.31 Å². The van der Waals surface area contributed by atoms with Gasteiger partial charge in [0, 0.05) is 128 Å². The lowest BCUT2D eigenvalue weighted by atomic mass is 10.4. The Bertz CT molecular complexity index is 2370. The molecule has 0 unspecified atom stereocenters. The van der Waals surface area contributed by atoms with Gasteiger partial charge in [0.2, 0.25) is 0 Å². The average Bonchev–Trinajstić information content (AvgIpc) is 3.19. The van der Waals surface area contributed by atoms with E-state index in [0.717, 1.165) is 22.7 Å². The molecule has 0 spiro atoms. The van der Waals surface area contributed by atoms with Crippen LogP contribution in [0.25, 0.3) is 0 Å². The van der Waals surface area contributed by atoms with Crippen LogP contribution in [0.2, 0.25) is 0 Å². The topological polar surface area (TPSA) is 267 Å². The van der Waals surface area contributed by atoms with Crippen molar-refractivity contribution in [2.75, 3.05) is 76.0 Å². The Balaban J connectivity index is 0.00000123. The Kier molecular flexibility index (Phi) is 24.2. The first kappa shape index (κ1) is 66.4. The normalized spacial score (nSPS) is 12.4. The molecule has 0 atom stereocenters. The number of hydrogen-bond donors (Lipinski definition) is 0. The minimum absolute atomic E-state index is 1.14. The first-order chi connectivity index (χ1) is 31.6. The molecule has 0 N–H and O–H groups in total. The van der Waals surface area contributed by atoms with Crippen molar-refractivity contribution < 1.29 is 126 Å². The monoisotopic (exact) mass is 1160 g/mol. The van der Waals surface area contributed by atoms with Crippen LogP contribution in [0.1, 0.15) is 0 Å². The van der Waals surface area contributed by atoms with Crippen LogP contribution in [-0.2, 0) is 44.8 Å². The van der Waals surface area contributed by atoms with Crippen molar-refractivity contribution in [3.05, 3.63) is 98.1 Å². The second kappa shape index (κ2) is 25.9. The largest absolute Gasteiger partial charge is 0.741 e. The van der Waals surface area contributed by atoms with Crippen molar-refractivity contribution in [3.63, 3.8) is 0 Å². The van der Waals surface area contributed by atoms with Crippen LogP contribution >= 0.6 is 16.9 Å². The number of nitrogens with zero attached hydrogens (tertiary/aromatic N) is 8. The molecule has 0 saturated carbocycles. The standard InChI is InChI=1S/C28H40N8OP2.4CHF3O3S/c1-29(2)25-9-17-33(18-10-25)38(34-19-11-26(12-20-34)30(3)4)37-39(35-21-13-27(14-22-35)31(5)6)36-23-15-28(16-24-36)32(7)8;4*2-1(3,4)8(5,6)7/h9-24H,1-8H3;4*(H,5,6,7)/q+4;;;;/p-4. The van der Waals surface area contributed by atoms with Crippen molar-refractivity contribution in [3.8, 4) is 0 Å². The van der Waals surface area contributed by atoms with Gasteiger partial charge in [-0.25, -0.2) is 33.7 Å². The van der Waals surface area contributed by atoms with Crippen molar-refractivity contribution in [1.82, 2.24) is 0 Å². The third-order valence-electron chi connectivity index (χ3n) is 7.32. The Morgan fingerprint density at radius 3 is 0.549 bits per heavy atom. The number of aromatic nitrogens is 4. The van der Waals surface area contributed by atoms with E-state index in [4.69, 9.17) is 56.2 Å². The average molecular weight is 1160 g/mol. The van der Waals surface area contributed by atoms with E-state index in [1.807, 2.05) is 0 Å². The van der Waals surface area contributed by atoms with E-state index < -0.39 is 79.4 Å². The SMILES string of the molecule is CN(C)c1cc[n+](P(OP([n+]2ccc(N(C)C)cc2)[n+]2ccc(N(C)C)cc2)[n+]2ccc(N(C)C)cc2)cc1.O=S(=O)([O-])C(F)(F)F.O=S(=O)([O-])C(F)(F)F.O=S(=O)([O-])C(F)(F)F.O=S(=O)([O-])C(F)(F)F. The number of halogens is 12. The fourth-order valence-electron chi connectivity index (χ4n) is 3.76. The minimum atomic E-state index is -6.09. The van der Waals surface area contributed by atoms with E-state index in [0.29, 0.717) is 0 Å². The maximum atomic E-state index is 10.7. The fraction of sp³-hybridized carbons (Fsp3) is 0.375. The highest BCUT2D eigenvalue weighted by Crippen LogP contribution is 2.41. The summed E-state index contributed by atoms with van der Waals surface area (Å²) in [5.74, 6) is 0. The quantitative estimate of drug-likeness (QED) is 0.0954. The lowest BCUT2D eigenvalue weighted by molar-refractivity contribution is -0.658. The Labute approximate surface area is 401 Å². The lowest BCUT2D eigenvalue weighted by Crippen LogP contribution is -2.49. The Morgan fingerprint density at radius 1 is 0.352 bits per heavy atom. The Hall–Kier alpha value is -4.58. The second-order valence-corrected chi connectivity index (χ2v) is 22.5. The predicted molar refractivity (Wildman–Crippen MR) is 223 cm³/mol. The minimum Gasteiger partial charge on any atom is -0.741 e. The van der Waals surface area contributed by atoms with Crippen LogP contribution in [0.5, 0.6) is 0 Å². The third kappa shape index (κ3) is 22.8. The zero-order valence-corrected chi connectivity index (χ0v) is 42.2. The molecule has 4 aromatic heterocycles. The summed E-state index contributed by atoms with van der Waals surface area (Å²) in [4.78, 5) is 8.40. The highest BCUT2D eigenvalue weighted by Gasteiger charge is 2.51. The lowest BCUT2D eigenvalue weighted by Gasteiger charge is -2.13. The molecule has 4 heterocycles. The van der Waals surface area contributed by atoms with Gasteiger partial charge in [-0.05, 0) is 0 Å². The molecule has 0 aliphatic rings. The summed E-state index contributed by atoms with van der Waals surface area (Å²) in [6, 6.07) is 17.0. The molecule has 0 aliphatic heterocycles. The van der Waals surface area contributed by atoms with Gasteiger partial charge in [0.05, 0.1) is 0 Å². The van der Waals surface area contributed by atoms with Gasteiger partial charge in [0.25, 0.3) is 0 Å². The van der Waals surface area contributed by atoms with Crippen molar-refractivity contribution in [2.45, 2.75) is 22.0 Å². The summed E-state index contributed by atoms with van der Waals surface area (Å²) in [7, 11) is -10.5. The summed E-state index contributed by atoms with van der Waals surface area (Å²) in [6.07, 6.45) is 16.8. The first-order valence-electron chi connectivity index (χ1n) is 17.8. The number of anilines is 4.